The average molecular weight is 294 g/mol. The second-order valence-electron chi connectivity index (χ2n) is 5.46. The highest BCUT2D eigenvalue weighted by atomic mass is 16.5. The Balaban J connectivity index is 1.69. The molecule has 0 saturated carbocycles. The zero-order chi connectivity index (χ0) is 14.9. The molecule has 21 heavy (non-hydrogen) atoms. The van der Waals surface area contributed by atoms with Crippen molar-refractivity contribution in [2.75, 3.05) is 26.3 Å². The largest absolute Gasteiger partial charge is 0.467 e. The van der Waals surface area contributed by atoms with Gasteiger partial charge in [-0.25, -0.2) is 0 Å². The molecule has 1 aromatic heterocycles. The average Bonchev–Trinajstić information content (AvgIpc) is 3.16. The molecule has 1 atom stereocenters. The van der Waals surface area contributed by atoms with E-state index in [0.29, 0.717) is 13.2 Å². The van der Waals surface area contributed by atoms with E-state index in [1.807, 2.05) is 12.1 Å². The summed E-state index contributed by atoms with van der Waals surface area (Å²) in [6.07, 6.45) is 5.89. The lowest BCUT2D eigenvalue weighted by atomic mass is 10.2. The van der Waals surface area contributed by atoms with Crippen LogP contribution in [0.1, 0.15) is 38.4 Å². The van der Waals surface area contributed by atoms with Crippen molar-refractivity contribution in [1.82, 2.24) is 10.2 Å². The van der Waals surface area contributed by atoms with Crippen LogP contribution in [-0.4, -0.2) is 43.2 Å². The molecule has 0 radical (unpaired) electrons. The number of carbonyl (C=O) groups excluding carboxylic acids is 1. The maximum atomic E-state index is 12.3. The van der Waals surface area contributed by atoms with Gasteiger partial charge in [0.1, 0.15) is 5.76 Å². The van der Waals surface area contributed by atoms with Gasteiger partial charge in [0.15, 0.2) is 0 Å². The lowest BCUT2D eigenvalue weighted by Crippen LogP contribution is -2.44. The molecule has 1 aromatic rings. The van der Waals surface area contributed by atoms with Crippen LogP contribution in [0, 0.1) is 0 Å². The third kappa shape index (κ3) is 5.17. The lowest BCUT2D eigenvalue weighted by molar-refractivity contribution is -0.125. The summed E-state index contributed by atoms with van der Waals surface area (Å²) < 4.78 is 10.8. The number of rotatable bonds is 9. The van der Waals surface area contributed by atoms with Crippen molar-refractivity contribution in [3.05, 3.63) is 24.2 Å². The zero-order valence-corrected chi connectivity index (χ0v) is 12.8. The Kier molecular flexibility index (Phi) is 6.76. The molecule has 0 bridgehead atoms. The fourth-order valence-corrected chi connectivity index (χ4v) is 2.63. The summed E-state index contributed by atoms with van der Waals surface area (Å²) in [5.74, 6) is 0.883. The first kappa shape index (κ1) is 16.0. The maximum Gasteiger partial charge on any atom is 0.237 e. The van der Waals surface area contributed by atoms with Gasteiger partial charge in [-0.2, -0.15) is 0 Å². The molecule has 1 amide bonds. The minimum absolute atomic E-state index is 0.0188. The number of carbonyl (C=O) groups is 1. The van der Waals surface area contributed by atoms with Gasteiger partial charge in [-0.1, -0.05) is 13.3 Å². The number of hydrogen-bond acceptors (Lipinski definition) is 4. The van der Waals surface area contributed by atoms with Crippen LogP contribution in [0.2, 0.25) is 0 Å². The van der Waals surface area contributed by atoms with Crippen LogP contribution < -0.4 is 5.32 Å². The molecule has 0 spiro atoms. The van der Waals surface area contributed by atoms with Gasteiger partial charge in [0, 0.05) is 13.2 Å². The van der Waals surface area contributed by atoms with Gasteiger partial charge in [-0.3, -0.25) is 9.69 Å². The second-order valence-corrected chi connectivity index (χ2v) is 5.46. The summed E-state index contributed by atoms with van der Waals surface area (Å²) in [5.41, 5.74) is 0. The van der Waals surface area contributed by atoms with Crippen LogP contribution in [0.5, 0.6) is 0 Å². The van der Waals surface area contributed by atoms with E-state index in [1.54, 1.807) is 6.26 Å². The fourth-order valence-electron chi connectivity index (χ4n) is 2.63. The molecule has 1 fully saturated rings. The first-order valence-corrected chi connectivity index (χ1v) is 7.93. The van der Waals surface area contributed by atoms with Crippen LogP contribution in [0.25, 0.3) is 0 Å². The molecule has 0 aliphatic carbocycles. The van der Waals surface area contributed by atoms with Gasteiger partial charge in [-0.05, 0) is 37.9 Å². The molecule has 2 rings (SSSR count). The smallest absolute Gasteiger partial charge is 0.237 e. The molecule has 1 unspecified atom stereocenters. The minimum Gasteiger partial charge on any atom is -0.467 e. The van der Waals surface area contributed by atoms with E-state index in [4.69, 9.17) is 9.15 Å². The number of hydrogen-bond donors (Lipinski definition) is 1. The molecular formula is C16H26N2O3. The predicted octanol–water partition coefficient (Wildman–Crippen LogP) is 2.18. The Morgan fingerprint density at radius 2 is 2.43 bits per heavy atom. The standard InChI is InChI=1S/C16H26N2O3/c1-2-3-10-20-12-9-18-8-4-7-15(18)16(19)17-13-14-6-5-11-21-14/h5-6,11,15H,2-4,7-10,12-13H2,1H3,(H,17,19). The van der Waals surface area contributed by atoms with E-state index in [2.05, 4.69) is 17.1 Å². The summed E-state index contributed by atoms with van der Waals surface area (Å²) >= 11 is 0. The molecule has 1 aliphatic rings. The second kappa shape index (κ2) is 8.85. The van der Waals surface area contributed by atoms with Crippen molar-refractivity contribution in [3.8, 4) is 0 Å². The van der Waals surface area contributed by atoms with Crippen molar-refractivity contribution in [2.45, 2.75) is 45.2 Å². The third-order valence-electron chi connectivity index (χ3n) is 3.85. The molecule has 0 aromatic carbocycles. The van der Waals surface area contributed by atoms with Crippen LogP contribution in [0.3, 0.4) is 0 Å². The van der Waals surface area contributed by atoms with Gasteiger partial charge in [-0.15, -0.1) is 0 Å². The Labute approximate surface area is 126 Å². The quantitative estimate of drug-likeness (QED) is 0.709. The Bertz CT molecular complexity index is 406. The summed E-state index contributed by atoms with van der Waals surface area (Å²) in [6, 6.07) is 3.68. The van der Waals surface area contributed by atoms with Gasteiger partial charge >= 0.3 is 0 Å². The van der Waals surface area contributed by atoms with Crippen LogP contribution in [0.15, 0.2) is 22.8 Å². The zero-order valence-electron chi connectivity index (χ0n) is 12.8. The number of nitrogens with zero attached hydrogens (tertiary/aromatic N) is 1. The van der Waals surface area contributed by atoms with Gasteiger partial charge in [0.05, 0.1) is 25.5 Å². The van der Waals surface area contributed by atoms with Crippen molar-refractivity contribution in [2.24, 2.45) is 0 Å². The van der Waals surface area contributed by atoms with Crippen molar-refractivity contribution in [1.29, 1.82) is 0 Å². The van der Waals surface area contributed by atoms with Crippen molar-refractivity contribution in [3.63, 3.8) is 0 Å². The normalized spacial score (nSPS) is 19.0. The van der Waals surface area contributed by atoms with Crippen LogP contribution >= 0.6 is 0 Å². The van der Waals surface area contributed by atoms with E-state index in [1.165, 1.54) is 0 Å². The summed E-state index contributed by atoms with van der Waals surface area (Å²) in [5, 5.41) is 2.95. The topological polar surface area (TPSA) is 54.7 Å². The highest BCUT2D eigenvalue weighted by Gasteiger charge is 2.30. The van der Waals surface area contributed by atoms with Gasteiger partial charge in [0.25, 0.3) is 0 Å². The van der Waals surface area contributed by atoms with E-state index in [-0.39, 0.29) is 11.9 Å². The first-order valence-electron chi connectivity index (χ1n) is 7.93. The van der Waals surface area contributed by atoms with Crippen molar-refractivity contribution >= 4 is 5.91 Å². The Morgan fingerprint density at radius 1 is 1.52 bits per heavy atom. The van der Waals surface area contributed by atoms with Crippen molar-refractivity contribution < 1.29 is 13.9 Å². The molecule has 5 nitrogen and oxygen atoms in total. The Hall–Kier alpha value is -1.33. The molecule has 2 heterocycles. The van der Waals surface area contributed by atoms with E-state index < -0.39 is 0 Å². The molecule has 1 N–H and O–H groups in total. The predicted molar refractivity (Wildman–Crippen MR) is 80.9 cm³/mol. The molecule has 1 aliphatic heterocycles. The SMILES string of the molecule is CCCCOCCN1CCCC1C(=O)NCc1ccco1. The molecular weight excluding hydrogens is 268 g/mol. The summed E-state index contributed by atoms with van der Waals surface area (Å²) in [4.78, 5) is 14.5. The van der Waals surface area contributed by atoms with Gasteiger partial charge < -0.3 is 14.5 Å². The summed E-state index contributed by atoms with van der Waals surface area (Å²) in [6.45, 7) is 5.96. The number of likely N-dealkylation sites (tertiary alicyclic amines) is 1. The number of ether oxygens (including phenoxy) is 1. The van der Waals surface area contributed by atoms with Crippen LogP contribution in [-0.2, 0) is 16.1 Å². The Morgan fingerprint density at radius 3 is 3.19 bits per heavy atom. The monoisotopic (exact) mass is 294 g/mol. The van der Waals surface area contributed by atoms with E-state index in [0.717, 1.165) is 51.1 Å². The molecule has 118 valence electrons. The number of nitrogens with one attached hydrogen (secondary N) is 1. The van der Waals surface area contributed by atoms with E-state index >= 15 is 0 Å². The van der Waals surface area contributed by atoms with Gasteiger partial charge in [0.2, 0.25) is 5.91 Å². The van der Waals surface area contributed by atoms with Crippen LogP contribution in [0.4, 0.5) is 0 Å². The summed E-state index contributed by atoms with van der Waals surface area (Å²) in [7, 11) is 0. The first-order chi connectivity index (χ1) is 10.3. The highest BCUT2D eigenvalue weighted by molar-refractivity contribution is 5.81. The maximum absolute atomic E-state index is 12.3. The number of amides is 1. The molecule has 1 saturated heterocycles. The fraction of sp³-hybridized carbons (Fsp3) is 0.688. The number of unbranched alkanes of at least 4 members (excludes halogenated alkanes) is 1. The highest BCUT2D eigenvalue weighted by Crippen LogP contribution is 2.17. The lowest BCUT2D eigenvalue weighted by Gasteiger charge is -2.23. The van der Waals surface area contributed by atoms with E-state index in [9.17, 15) is 4.79 Å². The minimum atomic E-state index is -0.0188. The number of furan rings is 1. The third-order valence-corrected chi connectivity index (χ3v) is 3.85. The molecule has 5 heteroatoms.